The lowest BCUT2D eigenvalue weighted by molar-refractivity contribution is 0.213. The average molecular weight is 227 g/mol. The molecule has 2 rings (SSSR count). The van der Waals surface area contributed by atoms with Crippen molar-refractivity contribution in [2.24, 2.45) is 0 Å². The molecule has 0 spiro atoms. The molecule has 2 aromatic rings. The Hall–Kier alpha value is -1.67. The van der Waals surface area contributed by atoms with Crippen molar-refractivity contribution in [2.45, 2.75) is 26.9 Å². The molecule has 0 aliphatic rings. The van der Waals surface area contributed by atoms with Crippen LogP contribution in [0.2, 0.25) is 0 Å². The van der Waals surface area contributed by atoms with E-state index >= 15 is 0 Å². The van der Waals surface area contributed by atoms with E-state index in [4.69, 9.17) is 0 Å². The second-order valence-corrected chi connectivity index (χ2v) is 4.40. The Labute approximate surface area is 102 Å². The molecule has 17 heavy (non-hydrogen) atoms. The first kappa shape index (κ1) is 11.8. The van der Waals surface area contributed by atoms with Crippen molar-refractivity contribution in [3.05, 3.63) is 64.5 Å². The first-order chi connectivity index (χ1) is 8.11. The molecular weight excluding hydrogens is 210 g/mol. The molecule has 0 saturated carbocycles. The summed E-state index contributed by atoms with van der Waals surface area (Å²) in [6.45, 7) is 6.06. The summed E-state index contributed by atoms with van der Waals surface area (Å²) < 4.78 is 0. The Morgan fingerprint density at radius 1 is 1.00 bits per heavy atom. The molecule has 88 valence electrons. The van der Waals surface area contributed by atoms with Crippen molar-refractivity contribution in [3.63, 3.8) is 0 Å². The standard InChI is InChI=1S/C15H17NO/c1-10-6-4-8-13(12(10)3)15(17)14-11(2)7-5-9-16-14/h4-9,15,17H,1-3H3. The maximum absolute atomic E-state index is 10.4. The van der Waals surface area contributed by atoms with E-state index in [-0.39, 0.29) is 0 Å². The first-order valence-electron chi connectivity index (χ1n) is 5.77. The van der Waals surface area contributed by atoms with Crippen LogP contribution < -0.4 is 0 Å². The van der Waals surface area contributed by atoms with E-state index in [1.54, 1.807) is 6.20 Å². The number of nitrogens with zero attached hydrogens (tertiary/aromatic N) is 1. The van der Waals surface area contributed by atoms with Gasteiger partial charge in [-0.2, -0.15) is 0 Å². The van der Waals surface area contributed by atoms with Crippen LogP contribution in [-0.4, -0.2) is 10.1 Å². The van der Waals surface area contributed by atoms with Crippen molar-refractivity contribution in [1.29, 1.82) is 0 Å². The lowest BCUT2D eigenvalue weighted by Gasteiger charge is -2.16. The van der Waals surface area contributed by atoms with E-state index in [9.17, 15) is 5.11 Å². The molecule has 1 N–H and O–H groups in total. The predicted molar refractivity (Wildman–Crippen MR) is 69.0 cm³/mol. The van der Waals surface area contributed by atoms with Crippen LogP contribution in [0.15, 0.2) is 36.5 Å². The van der Waals surface area contributed by atoms with Gasteiger partial charge < -0.3 is 5.11 Å². The lowest BCUT2D eigenvalue weighted by Crippen LogP contribution is -2.06. The highest BCUT2D eigenvalue weighted by atomic mass is 16.3. The van der Waals surface area contributed by atoms with E-state index in [2.05, 4.69) is 18.0 Å². The van der Waals surface area contributed by atoms with Gasteiger partial charge in [-0.05, 0) is 49.1 Å². The molecular formula is C15H17NO. The molecule has 1 aromatic carbocycles. The number of aliphatic hydroxyl groups is 1. The van der Waals surface area contributed by atoms with Crippen LogP contribution in [0.5, 0.6) is 0 Å². The van der Waals surface area contributed by atoms with E-state index in [0.717, 1.165) is 22.4 Å². The highest BCUT2D eigenvalue weighted by Crippen LogP contribution is 2.26. The largest absolute Gasteiger partial charge is 0.382 e. The lowest BCUT2D eigenvalue weighted by atomic mass is 9.96. The van der Waals surface area contributed by atoms with Crippen LogP contribution in [0.1, 0.15) is 34.1 Å². The molecule has 0 radical (unpaired) electrons. The molecule has 0 saturated heterocycles. The quantitative estimate of drug-likeness (QED) is 0.855. The number of aliphatic hydroxyl groups excluding tert-OH is 1. The molecule has 0 amide bonds. The Kier molecular flexibility index (Phi) is 3.25. The fourth-order valence-corrected chi connectivity index (χ4v) is 2.00. The van der Waals surface area contributed by atoms with Gasteiger partial charge in [-0.15, -0.1) is 0 Å². The Morgan fingerprint density at radius 3 is 2.41 bits per heavy atom. The highest BCUT2D eigenvalue weighted by molar-refractivity contribution is 5.39. The van der Waals surface area contributed by atoms with Gasteiger partial charge in [-0.1, -0.05) is 24.3 Å². The minimum absolute atomic E-state index is 0.643. The van der Waals surface area contributed by atoms with Gasteiger partial charge in [0.1, 0.15) is 6.10 Å². The van der Waals surface area contributed by atoms with Gasteiger partial charge in [0.25, 0.3) is 0 Å². The number of hydrogen-bond acceptors (Lipinski definition) is 2. The molecule has 0 bridgehead atoms. The summed E-state index contributed by atoms with van der Waals surface area (Å²) in [5.74, 6) is 0. The third-order valence-corrected chi connectivity index (χ3v) is 3.25. The number of aryl methyl sites for hydroxylation is 2. The van der Waals surface area contributed by atoms with Gasteiger partial charge in [-0.25, -0.2) is 0 Å². The molecule has 1 aromatic heterocycles. The monoisotopic (exact) mass is 227 g/mol. The van der Waals surface area contributed by atoms with E-state index < -0.39 is 6.10 Å². The molecule has 1 heterocycles. The Balaban J connectivity index is 2.48. The third kappa shape index (κ3) is 2.22. The van der Waals surface area contributed by atoms with Crippen molar-refractivity contribution in [2.75, 3.05) is 0 Å². The Bertz CT molecular complexity index is 534. The topological polar surface area (TPSA) is 33.1 Å². The van der Waals surface area contributed by atoms with E-state index in [1.165, 1.54) is 5.56 Å². The average Bonchev–Trinajstić information content (AvgIpc) is 2.32. The number of pyridine rings is 1. The minimum atomic E-state index is -0.643. The Morgan fingerprint density at radius 2 is 1.71 bits per heavy atom. The zero-order valence-corrected chi connectivity index (χ0v) is 10.4. The summed E-state index contributed by atoms with van der Waals surface area (Å²) in [4.78, 5) is 4.28. The summed E-state index contributed by atoms with van der Waals surface area (Å²) in [6.07, 6.45) is 1.08. The first-order valence-corrected chi connectivity index (χ1v) is 5.77. The van der Waals surface area contributed by atoms with E-state index in [1.807, 2.05) is 38.1 Å². The summed E-state index contributed by atoms with van der Waals surface area (Å²) in [5, 5.41) is 10.4. The highest BCUT2D eigenvalue weighted by Gasteiger charge is 2.16. The molecule has 2 heteroatoms. The molecule has 0 aliphatic carbocycles. The second kappa shape index (κ2) is 4.68. The normalized spacial score (nSPS) is 12.5. The van der Waals surface area contributed by atoms with Crippen molar-refractivity contribution in [1.82, 2.24) is 4.98 Å². The summed E-state index contributed by atoms with van der Waals surface area (Å²) in [6, 6.07) is 9.84. The smallest absolute Gasteiger partial charge is 0.121 e. The van der Waals surface area contributed by atoms with Crippen LogP contribution >= 0.6 is 0 Å². The zero-order valence-electron chi connectivity index (χ0n) is 10.4. The van der Waals surface area contributed by atoms with Gasteiger partial charge in [-0.3, -0.25) is 4.98 Å². The number of benzene rings is 1. The number of rotatable bonds is 2. The van der Waals surface area contributed by atoms with Crippen LogP contribution in [-0.2, 0) is 0 Å². The fraction of sp³-hybridized carbons (Fsp3) is 0.267. The molecule has 0 aliphatic heterocycles. The summed E-state index contributed by atoms with van der Waals surface area (Å²) in [5.41, 5.74) is 5.01. The minimum Gasteiger partial charge on any atom is -0.382 e. The molecule has 0 fully saturated rings. The summed E-state index contributed by atoms with van der Waals surface area (Å²) >= 11 is 0. The molecule has 2 nitrogen and oxygen atoms in total. The van der Waals surface area contributed by atoms with Crippen molar-refractivity contribution < 1.29 is 5.11 Å². The van der Waals surface area contributed by atoms with Gasteiger partial charge in [0.2, 0.25) is 0 Å². The van der Waals surface area contributed by atoms with Crippen molar-refractivity contribution >= 4 is 0 Å². The van der Waals surface area contributed by atoms with Gasteiger partial charge in [0.05, 0.1) is 5.69 Å². The fourth-order valence-electron chi connectivity index (χ4n) is 2.00. The van der Waals surface area contributed by atoms with Gasteiger partial charge >= 0.3 is 0 Å². The summed E-state index contributed by atoms with van der Waals surface area (Å²) in [7, 11) is 0. The maximum Gasteiger partial charge on any atom is 0.121 e. The molecule has 1 unspecified atom stereocenters. The maximum atomic E-state index is 10.4. The van der Waals surface area contributed by atoms with Gasteiger partial charge in [0.15, 0.2) is 0 Å². The van der Waals surface area contributed by atoms with Crippen LogP contribution in [0.25, 0.3) is 0 Å². The number of aromatic nitrogens is 1. The van der Waals surface area contributed by atoms with Crippen LogP contribution in [0.3, 0.4) is 0 Å². The predicted octanol–water partition coefficient (Wildman–Crippen LogP) is 3.09. The van der Waals surface area contributed by atoms with Gasteiger partial charge in [0, 0.05) is 6.20 Å². The zero-order chi connectivity index (χ0) is 12.4. The van der Waals surface area contributed by atoms with Crippen molar-refractivity contribution in [3.8, 4) is 0 Å². The third-order valence-electron chi connectivity index (χ3n) is 3.25. The van der Waals surface area contributed by atoms with Crippen LogP contribution in [0.4, 0.5) is 0 Å². The molecule has 1 atom stereocenters. The van der Waals surface area contributed by atoms with Crippen LogP contribution in [0, 0.1) is 20.8 Å². The number of hydrogen-bond donors (Lipinski definition) is 1. The van der Waals surface area contributed by atoms with E-state index in [0.29, 0.717) is 0 Å². The second-order valence-electron chi connectivity index (χ2n) is 4.40. The SMILES string of the molecule is Cc1cccnc1C(O)c1cccc(C)c1C.